The highest BCUT2D eigenvalue weighted by Gasteiger charge is 2.19. The summed E-state index contributed by atoms with van der Waals surface area (Å²) >= 11 is 0. The van der Waals surface area contributed by atoms with Crippen LogP contribution < -0.4 is 14.8 Å². The molecule has 0 saturated carbocycles. The molecule has 4 aromatic rings. The van der Waals surface area contributed by atoms with E-state index in [4.69, 9.17) is 24.0 Å². The van der Waals surface area contributed by atoms with E-state index in [1.165, 1.54) is 0 Å². The van der Waals surface area contributed by atoms with Crippen LogP contribution in [0, 0.1) is 13.8 Å². The quantitative estimate of drug-likeness (QED) is 0.518. The lowest BCUT2D eigenvalue weighted by Crippen LogP contribution is -2.05. The molecule has 2 aromatic carbocycles. The van der Waals surface area contributed by atoms with Gasteiger partial charge in [-0.05, 0) is 25.5 Å². The number of fused-ring (bicyclic) bond motifs is 1. The molecule has 1 N–H and O–H groups in total. The maximum atomic E-state index is 5.47. The van der Waals surface area contributed by atoms with Gasteiger partial charge in [0.25, 0.3) is 0 Å². The van der Waals surface area contributed by atoms with Crippen molar-refractivity contribution in [2.24, 2.45) is 0 Å². The molecule has 0 aliphatic rings. The lowest BCUT2D eigenvalue weighted by Gasteiger charge is -2.14. The van der Waals surface area contributed by atoms with Crippen LogP contribution in [0.5, 0.6) is 11.5 Å². The highest BCUT2D eigenvalue weighted by atomic mass is 16.5. The fourth-order valence-corrected chi connectivity index (χ4v) is 3.29. The first kappa shape index (κ1) is 18.7. The van der Waals surface area contributed by atoms with E-state index < -0.39 is 0 Å². The summed E-state index contributed by atoms with van der Waals surface area (Å²) in [6.07, 6.45) is 0. The number of ether oxygens (including phenoxy) is 2. The summed E-state index contributed by atoms with van der Waals surface area (Å²) in [5.41, 5.74) is 3.43. The molecule has 29 heavy (non-hydrogen) atoms. The first-order chi connectivity index (χ1) is 14.1. The topological polar surface area (TPSA) is 82.3 Å². The molecule has 2 heterocycles. The van der Waals surface area contributed by atoms with Crippen LogP contribution in [0.3, 0.4) is 0 Å². The first-order valence-electron chi connectivity index (χ1n) is 9.25. The van der Waals surface area contributed by atoms with Crippen LogP contribution in [0.25, 0.3) is 22.3 Å². The molecule has 0 fully saturated rings. The fraction of sp³-hybridized carbons (Fsp3) is 0.227. The van der Waals surface area contributed by atoms with Crippen molar-refractivity contribution in [1.29, 1.82) is 0 Å². The molecular weight excluding hydrogens is 368 g/mol. The predicted octanol–water partition coefficient (Wildman–Crippen LogP) is 4.53. The van der Waals surface area contributed by atoms with Gasteiger partial charge in [0.1, 0.15) is 11.6 Å². The third kappa shape index (κ3) is 3.59. The Labute approximate surface area is 168 Å². The van der Waals surface area contributed by atoms with Gasteiger partial charge < -0.3 is 19.3 Å². The number of hydrogen-bond acceptors (Lipinski definition) is 7. The van der Waals surface area contributed by atoms with E-state index in [1.54, 1.807) is 14.2 Å². The smallest absolute Gasteiger partial charge is 0.167 e. The molecule has 0 saturated heterocycles. The van der Waals surface area contributed by atoms with E-state index in [0.717, 1.165) is 27.7 Å². The number of nitrogens with zero attached hydrogens (tertiary/aromatic N) is 3. The van der Waals surface area contributed by atoms with E-state index in [-0.39, 0.29) is 0 Å². The van der Waals surface area contributed by atoms with E-state index >= 15 is 0 Å². The van der Waals surface area contributed by atoms with Crippen molar-refractivity contribution >= 4 is 16.7 Å². The van der Waals surface area contributed by atoms with Crippen molar-refractivity contribution in [2.45, 2.75) is 20.4 Å². The van der Waals surface area contributed by atoms with Crippen LogP contribution >= 0.6 is 0 Å². The first-order valence-corrected chi connectivity index (χ1v) is 9.25. The molecule has 7 heteroatoms. The SMILES string of the molecule is COc1cc2nc(-c3c(C)noc3C)nc(NCc3ccccc3)c2cc1OC. The van der Waals surface area contributed by atoms with Gasteiger partial charge in [-0.1, -0.05) is 35.5 Å². The second-order valence-corrected chi connectivity index (χ2v) is 6.66. The molecule has 4 rings (SSSR count). The van der Waals surface area contributed by atoms with Gasteiger partial charge >= 0.3 is 0 Å². The second kappa shape index (κ2) is 7.79. The van der Waals surface area contributed by atoms with Crippen molar-refractivity contribution < 1.29 is 14.0 Å². The van der Waals surface area contributed by atoms with Gasteiger partial charge in [0, 0.05) is 18.0 Å². The molecular formula is C22H22N4O3. The molecule has 148 valence electrons. The molecule has 0 bridgehead atoms. The van der Waals surface area contributed by atoms with Crippen LogP contribution in [-0.4, -0.2) is 29.3 Å². The van der Waals surface area contributed by atoms with Crippen molar-refractivity contribution in [1.82, 2.24) is 15.1 Å². The third-order valence-corrected chi connectivity index (χ3v) is 4.76. The molecule has 2 aromatic heterocycles. The summed E-state index contributed by atoms with van der Waals surface area (Å²) in [7, 11) is 3.22. The third-order valence-electron chi connectivity index (χ3n) is 4.76. The van der Waals surface area contributed by atoms with Crippen LogP contribution in [0.1, 0.15) is 17.0 Å². The van der Waals surface area contributed by atoms with Crippen molar-refractivity contribution in [3.8, 4) is 22.9 Å². The number of hydrogen-bond donors (Lipinski definition) is 1. The van der Waals surface area contributed by atoms with Crippen LogP contribution in [0.4, 0.5) is 5.82 Å². The molecule has 0 aliphatic carbocycles. The van der Waals surface area contributed by atoms with Gasteiger partial charge in [0.2, 0.25) is 0 Å². The van der Waals surface area contributed by atoms with E-state index in [1.807, 2.05) is 44.2 Å². The van der Waals surface area contributed by atoms with E-state index in [9.17, 15) is 0 Å². The van der Waals surface area contributed by atoms with E-state index in [2.05, 4.69) is 22.6 Å². The average molecular weight is 390 g/mol. The zero-order chi connectivity index (χ0) is 20.4. The number of aryl methyl sites for hydroxylation is 2. The Morgan fingerprint density at radius 1 is 0.966 bits per heavy atom. The zero-order valence-corrected chi connectivity index (χ0v) is 16.8. The molecule has 0 unspecified atom stereocenters. The highest BCUT2D eigenvalue weighted by Crippen LogP contribution is 2.36. The van der Waals surface area contributed by atoms with Crippen LogP contribution in [0.2, 0.25) is 0 Å². The Kier molecular flexibility index (Phi) is 5.03. The minimum Gasteiger partial charge on any atom is -0.493 e. The van der Waals surface area contributed by atoms with Gasteiger partial charge in [0.15, 0.2) is 17.3 Å². The van der Waals surface area contributed by atoms with Crippen molar-refractivity contribution in [3.05, 3.63) is 59.5 Å². The number of rotatable bonds is 6. The number of aromatic nitrogens is 3. The Balaban J connectivity index is 1.87. The molecule has 0 radical (unpaired) electrons. The second-order valence-electron chi connectivity index (χ2n) is 6.66. The number of methoxy groups -OCH3 is 2. The van der Waals surface area contributed by atoms with Gasteiger partial charge in [-0.2, -0.15) is 0 Å². The molecule has 0 atom stereocenters. The monoisotopic (exact) mass is 390 g/mol. The zero-order valence-electron chi connectivity index (χ0n) is 16.8. The Morgan fingerprint density at radius 2 is 1.69 bits per heavy atom. The maximum Gasteiger partial charge on any atom is 0.167 e. The fourth-order valence-electron chi connectivity index (χ4n) is 3.29. The van der Waals surface area contributed by atoms with Gasteiger partial charge in [0.05, 0.1) is 31.0 Å². The summed E-state index contributed by atoms with van der Waals surface area (Å²) in [5.74, 6) is 3.16. The van der Waals surface area contributed by atoms with Gasteiger partial charge in [-0.15, -0.1) is 0 Å². The molecule has 7 nitrogen and oxygen atoms in total. The predicted molar refractivity (Wildman–Crippen MR) is 111 cm³/mol. The van der Waals surface area contributed by atoms with Crippen molar-refractivity contribution in [3.63, 3.8) is 0 Å². The van der Waals surface area contributed by atoms with Crippen LogP contribution in [-0.2, 0) is 6.54 Å². The summed E-state index contributed by atoms with van der Waals surface area (Å²) < 4.78 is 16.2. The van der Waals surface area contributed by atoms with Gasteiger partial charge in [-0.25, -0.2) is 9.97 Å². The Morgan fingerprint density at radius 3 is 2.34 bits per heavy atom. The standard InChI is InChI=1S/C22H22N4O3/c1-13-20(14(2)29-26-13)22-24-17-11-19(28-4)18(27-3)10-16(17)21(25-22)23-12-15-8-6-5-7-9-15/h5-11H,12H2,1-4H3,(H,23,24,25). The summed E-state index contributed by atoms with van der Waals surface area (Å²) in [6, 6.07) is 13.9. The van der Waals surface area contributed by atoms with Gasteiger partial charge in [-0.3, -0.25) is 0 Å². The average Bonchev–Trinajstić information content (AvgIpc) is 3.09. The summed E-state index contributed by atoms with van der Waals surface area (Å²) in [5, 5.41) is 8.31. The minimum atomic E-state index is 0.552. The Bertz CT molecular complexity index is 1140. The number of benzene rings is 2. The number of nitrogens with one attached hydrogen (secondary N) is 1. The largest absolute Gasteiger partial charge is 0.493 e. The lowest BCUT2D eigenvalue weighted by atomic mass is 10.1. The maximum absolute atomic E-state index is 5.47. The summed E-state index contributed by atoms with van der Waals surface area (Å²) in [6.45, 7) is 4.36. The van der Waals surface area contributed by atoms with Crippen molar-refractivity contribution in [2.75, 3.05) is 19.5 Å². The Hall–Kier alpha value is -3.61. The molecule has 0 aliphatic heterocycles. The van der Waals surface area contributed by atoms with E-state index in [0.29, 0.717) is 35.4 Å². The normalized spacial score (nSPS) is 10.9. The molecule has 0 amide bonds. The lowest BCUT2D eigenvalue weighted by molar-refractivity contribution is 0.356. The summed E-state index contributed by atoms with van der Waals surface area (Å²) in [4.78, 5) is 9.54. The minimum absolute atomic E-state index is 0.552. The highest BCUT2D eigenvalue weighted by molar-refractivity contribution is 5.93. The van der Waals surface area contributed by atoms with Crippen LogP contribution in [0.15, 0.2) is 47.0 Å². The molecule has 0 spiro atoms. The number of anilines is 1.